The van der Waals surface area contributed by atoms with Gasteiger partial charge in [0, 0.05) is 44.3 Å². The van der Waals surface area contributed by atoms with Crippen molar-refractivity contribution in [3.8, 4) is 0 Å². The number of nitrogens with two attached hydrogens (primary N) is 1. The van der Waals surface area contributed by atoms with Crippen LogP contribution in [0.4, 0.5) is 0 Å². The minimum Gasteiger partial charge on any atom is -0.364 e. The van der Waals surface area contributed by atoms with Gasteiger partial charge in [-0.1, -0.05) is 23.7 Å². The molecule has 0 unspecified atom stereocenters. The van der Waals surface area contributed by atoms with E-state index in [0.717, 1.165) is 50.6 Å². The molecule has 3 rings (SSSR count). The van der Waals surface area contributed by atoms with Gasteiger partial charge in [0.2, 0.25) is 0 Å². The molecule has 0 bridgehead atoms. The molecular formula is C17H26Cl3N3O2. The number of hydrogen-bond acceptors (Lipinski definition) is 4. The monoisotopic (exact) mass is 409 g/mol. The van der Waals surface area contributed by atoms with Gasteiger partial charge >= 0.3 is 0 Å². The van der Waals surface area contributed by atoms with Crippen molar-refractivity contribution in [3.05, 3.63) is 34.9 Å². The number of halogens is 3. The van der Waals surface area contributed by atoms with Crippen molar-refractivity contribution in [2.24, 2.45) is 5.73 Å². The summed E-state index contributed by atoms with van der Waals surface area (Å²) in [4.78, 5) is 16.8. The van der Waals surface area contributed by atoms with Crippen molar-refractivity contribution in [1.82, 2.24) is 9.80 Å². The third-order valence-corrected chi connectivity index (χ3v) is 4.90. The van der Waals surface area contributed by atoms with Gasteiger partial charge < -0.3 is 15.4 Å². The Balaban J connectivity index is 0.00000156. The van der Waals surface area contributed by atoms with Gasteiger partial charge in [0.1, 0.15) is 6.10 Å². The topological polar surface area (TPSA) is 58.8 Å². The molecule has 2 aliphatic heterocycles. The van der Waals surface area contributed by atoms with Crippen molar-refractivity contribution in [3.63, 3.8) is 0 Å². The Hall–Kier alpha value is -0.560. The molecule has 25 heavy (non-hydrogen) atoms. The Morgan fingerprint density at radius 1 is 1.12 bits per heavy atom. The number of amides is 1. The van der Waals surface area contributed by atoms with Crippen LogP contribution in [0.1, 0.15) is 18.4 Å². The number of benzene rings is 1. The molecule has 1 aromatic rings. The summed E-state index contributed by atoms with van der Waals surface area (Å²) in [5.74, 6) is 0.132. The van der Waals surface area contributed by atoms with E-state index in [9.17, 15) is 4.79 Å². The number of carbonyl (C=O) groups excluding carboxylic acids is 1. The van der Waals surface area contributed by atoms with E-state index < -0.39 is 0 Å². The third kappa shape index (κ3) is 5.98. The molecule has 2 N–H and O–H groups in total. The highest BCUT2D eigenvalue weighted by Crippen LogP contribution is 2.21. The van der Waals surface area contributed by atoms with E-state index in [1.165, 1.54) is 5.56 Å². The van der Waals surface area contributed by atoms with E-state index in [1.54, 1.807) is 0 Å². The number of rotatable bonds is 4. The standard InChI is InChI=1S/C17H24ClN3O2.2ClH/c18-14-3-1-13(2-4-14)12-20-7-9-21(10-8-20)17(22)16-6-5-15(11-19)23-16;;/h1-4,15-16H,5-12,19H2;2*1H/t15-,16+;;/m1../s1. The van der Waals surface area contributed by atoms with Crippen LogP contribution in [0.2, 0.25) is 5.02 Å². The highest BCUT2D eigenvalue weighted by Gasteiger charge is 2.33. The lowest BCUT2D eigenvalue weighted by Crippen LogP contribution is -2.51. The van der Waals surface area contributed by atoms with E-state index in [4.69, 9.17) is 22.1 Å². The van der Waals surface area contributed by atoms with Gasteiger partial charge in [0.05, 0.1) is 6.10 Å². The van der Waals surface area contributed by atoms with Crippen LogP contribution in [0.25, 0.3) is 0 Å². The van der Waals surface area contributed by atoms with Crippen molar-refractivity contribution in [1.29, 1.82) is 0 Å². The molecule has 2 fully saturated rings. The fourth-order valence-electron chi connectivity index (χ4n) is 3.24. The Morgan fingerprint density at radius 3 is 2.32 bits per heavy atom. The largest absolute Gasteiger partial charge is 0.364 e. The Morgan fingerprint density at radius 2 is 1.76 bits per heavy atom. The van der Waals surface area contributed by atoms with E-state index >= 15 is 0 Å². The molecule has 1 amide bonds. The summed E-state index contributed by atoms with van der Waals surface area (Å²) in [5.41, 5.74) is 6.86. The maximum absolute atomic E-state index is 12.5. The number of piperazine rings is 1. The van der Waals surface area contributed by atoms with Gasteiger partial charge in [-0.05, 0) is 30.5 Å². The minimum absolute atomic E-state index is 0. The van der Waals surface area contributed by atoms with Crippen LogP contribution in [0.5, 0.6) is 0 Å². The molecule has 0 radical (unpaired) electrons. The molecule has 2 aliphatic rings. The highest BCUT2D eigenvalue weighted by atomic mass is 35.5. The van der Waals surface area contributed by atoms with Crippen LogP contribution in [0, 0.1) is 0 Å². The second kappa shape index (κ2) is 10.6. The smallest absolute Gasteiger partial charge is 0.251 e. The van der Waals surface area contributed by atoms with Crippen LogP contribution < -0.4 is 5.73 Å². The number of ether oxygens (including phenoxy) is 1. The summed E-state index contributed by atoms with van der Waals surface area (Å²) in [6, 6.07) is 7.95. The molecule has 2 heterocycles. The number of carbonyl (C=O) groups is 1. The summed E-state index contributed by atoms with van der Waals surface area (Å²) in [5, 5.41) is 0.761. The first-order valence-corrected chi connectivity index (χ1v) is 8.64. The SMILES string of the molecule is Cl.Cl.NC[C@H]1CC[C@@H](C(=O)N2CCN(Cc3ccc(Cl)cc3)CC2)O1. The first-order valence-electron chi connectivity index (χ1n) is 8.27. The zero-order valence-corrected chi connectivity index (χ0v) is 16.5. The molecule has 0 saturated carbocycles. The second-order valence-corrected chi connectivity index (χ2v) is 6.72. The number of hydrogen-bond donors (Lipinski definition) is 1. The van der Waals surface area contributed by atoms with Gasteiger partial charge in [0.15, 0.2) is 0 Å². The molecule has 1 aromatic carbocycles. The average Bonchev–Trinajstić information content (AvgIpc) is 3.06. The lowest BCUT2D eigenvalue weighted by Gasteiger charge is -2.35. The summed E-state index contributed by atoms with van der Waals surface area (Å²) in [6.07, 6.45) is 1.45. The first kappa shape index (κ1) is 22.5. The normalized spacial score (nSPS) is 23.7. The predicted octanol–water partition coefficient (Wildman–Crippen LogP) is 2.33. The van der Waals surface area contributed by atoms with Crippen LogP contribution in [-0.2, 0) is 16.1 Å². The van der Waals surface area contributed by atoms with Gasteiger partial charge in [-0.3, -0.25) is 9.69 Å². The second-order valence-electron chi connectivity index (χ2n) is 6.29. The summed E-state index contributed by atoms with van der Waals surface area (Å²) in [7, 11) is 0. The van der Waals surface area contributed by atoms with E-state index in [-0.39, 0.29) is 42.9 Å². The van der Waals surface area contributed by atoms with Crippen LogP contribution in [0.15, 0.2) is 24.3 Å². The van der Waals surface area contributed by atoms with Crippen LogP contribution in [0.3, 0.4) is 0 Å². The zero-order chi connectivity index (χ0) is 16.2. The molecule has 2 atom stereocenters. The summed E-state index contributed by atoms with van der Waals surface area (Å²) < 4.78 is 5.72. The lowest BCUT2D eigenvalue weighted by atomic mass is 10.1. The van der Waals surface area contributed by atoms with Gasteiger partial charge in [-0.25, -0.2) is 0 Å². The van der Waals surface area contributed by atoms with Crippen molar-refractivity contribution >= 4 is 42.3 Å². The molecule has 0 spiro atoms. The lowest BCUT2D eigenvalue weighted by molar-refractivity contribution is -0.144. The molecule has 0 aliphatic carbocycles. The molecule has 5 nitrogen and oxygen atoms in total. The van der Waals surface area contributed by atoms with Crippen molar-refractivity contribution in [2.45, 2.75) is 31.6 Å². The van der Waals surface area contributed by atoms with E-state index in [1.807, 2.05) is 17.0 Å². The fraction of sp³-hybridized carbons (Fsp3) is 0.588. The maximum atomic E-state index is 12.5. The van der Waals surface area contributed by atoms with Gasteiger partial charge in [0.25, 0.3) is 5.91 Å². The predicted molar refractivity (Wildman–Crippen MR) is 105 cm³/mol. The maximum Gasteiger partial charge on any atom is 0.251 e. The Bertz CT molecular complexity index is 536. The fourth-order valence-corrected chi connectivity index (χ4v) is 3.36. The summed E-state index contributed by atoms with van der Waals surface area (Å²) in [6.45, 7) is 4.70. The summed E-state index contributed by atoms with van der Waals surface area (Å²) >= 11 is 5.91. The van der Waals surface area contributed by atoms with Crippen LogP contribution >= 0.6 is 36.4 Å². The number of nitrogens with zero attached hydrogens (tertiary/aromatic N) is 2. The molecular weight excluding hydrogens is 385 g/mol. The van der Waals surface area contributed by atoms with Crippen molar-refractivity contribution < 1.29 is 9.53 Å². The van der Waals surface area contributed by atoms with Gasteiger partial charge in [-0.15, -0.1) is 24.8 Å². The molecule has 142 valence electrons. The zero-order valence-electron chi connectivity index (χ0n) is 14.1. The van der Waals surface area contributed by atoms with Gasteiger partial charge in [-0.2, -0.15) is 0 Å². The average molecular weight is 411 g/mol. The molecule has 0 aromatic heterocycles. The van der Waals surface area contributed by atoms with Crippen LogP contribution in [-0.4, -0.2) is 60.6 Å². The Labute approximate surface area is 166 Å². The van der Waals surface area contributed by atoms with E-state index in [0.29, 0.717) is 6.54 Å². The van der Waals surface area contributed by atoms with Crippen molar-refractivity contribution in [2.75, 3.05) is 32.7 Å². The highest BCUT2D eigenvalue weighted by molar-refractivity contribution is 6.30. The van der Waals surface area contributed by atoms with E-state index in [2.05, 4.69) is 17.0 Å². The Kier molecular flexibility index (Phi) is 9.49. The first-order chi connectivity index (χ1) is 11.2. The molecule has 2 saturated heterocycles. The molecule has 8 heteroatoms. The quantitative estimate of drug-likeness (QED) is 0.827. The minimum atomic E-state index is -0.286. The third-order valence-electron chi connectivity index (χ3n) is 4.65.